The predicted octanol–water partition coefficient (Wildman–Crippen LogP) is 1.53. The molecule has 3 atom stereocenters. The fourth-order valence-corrected chi connectivity index (χ4v) is 3.72. The number of aliphatic carboxylic acids is 1. The first-order chi connectivity index (χ1) is 9.89. The van der Waals surface area contributed by atoms with Crippen molar-refractivity contribution in [1.29, 1.82) is 0 Å². The highest BCUT2D eigenvalue weighted by molar-refractivity contribution is 5.82. The summed E-state index contributed by atoms with van der Waals surface area (Å²) in [5.74, 6) is -0.846. The highest BCUT2D eigenvalue weighted by Crippen LogP contribution is 2.39. The van der Waals surface area contributed by atoms with Gasteiger partial charge in [-0.15, -0.1) is 0 Å². The minimum Gasteiger partial charge on any atom is -0.480 e. The van der Waals surface area contributed by atoms with E-state index in [2.05, 4.69) is 0 Å². The van der Waals surface area contributed by atoms with Crippen molar-refractivity contribution in [2.24, 2.45) is 5.92 Å². The number of carbonyl (C=O) groups excluding carboxylic acids is 1. The van der Waals surface area contributed by atoms with Crippen molar-refractivity contribution in [2.45, 2.75) is 57.1 Å². The van der Waals surface area contributed by atoms with Crippen LogP contribution in [0.3, 0.4) is 0 Å². The van der Waals surface area contributed by atoms with Crippen LogP contribution in [0.4, 0.5) is 4.79 Å². The van der Waals surface area contributed by atoms with Crippen molar-refractivity contribution in [1.82, 2.24) is 9.80 Å². The second-order valence-electron chi connectivity index (χ2n) is 6.40. The van der Waals surface area contributed by atoms with Gasteiger partial charge in [-0.2, -0.15) is 0 Å². The van der Waals surface area contributed by atoms with Gasteiger partial charge in [-0.3, -0.25) is 0 Å². The number of rotatable bonds is 3. The van der Waals surface area contributed by atoms with Gasteiger partial charge in [0.15, 0.2) is 0 Å². The summed E-state index contributed by atoms with van der Waals surface area (Å²) in [6.45, 7) is 2.81. The van der Waals surface area contributed by atoms with E-state index in [0.29, 0.717) is 25.9 Å². The molecule has 0 aromatic carbocycles. The molecule has 6 heteroatoms. The van der Waals surface area contributed by atoms with Gasteiger partial charge in [0.25, 0.3) is 0 Å². The SMILES string of the molecule is CCC(C(=O)O)N(C)C(=O)N1CCC2(O)CCCCC2C1. The monoisotopic (exact) mass is 298 g/mol. The Balaban J connectivity index is 2.02. The van der Waals surface area contributed by atoms with Crippen LogP contribution < -0.4 is 0 Å². The average molecular weight is 298 g/mol. The number of fused-ring (bicyclic) bond motifs is 1. The van der Waals surface area contributed by atoms with E-state index in [1.807, 2.05) is 0 Å². The minimum atomic E-state index is -0.973. The molecule has 1 saturated carbocycles. The summed E-state index contributed by atoms with van der Waals surface area (Å²) >= 11 is 0. The van der Waals surface area contributed by atoms with Crippen LogP contribution in [0.15, 0.2) is 0 Å². The zero-order valence-corrected chi connectivity index (χ0v) is 12.9. The third-order valence-corrected chi connectivity index (χ3v) is 5.14. The van der Waals surface area contributed by atoms with E-state index in [9.17, 15) is 14.7 Å². The lowest BCUT2D eigenvalue weighted by molar-refractivity contribution is -0.142. The molecule has 21 heavy (non-hydrogen) atoms. The maximum atomic E-state index is 12.5. The number of piperidine rings is 1. The summed E-state index contributed by atoms with van der Waals surface area (Å²) in [4.78, 5) is 26.7. The average Bonchev–Trinajstić information content (AvgIpc) is 2.45. The lowest BCUT2D eigenvalue weighted by atomic mass is 9.71. The molecule has 2 amide bonds. The summed E-state index contributed by atoms with van der Waals surface area (Å²) in [7, 11) is 1.55. The van der Waals surface area contributed by atoms with Gasteiger partial charge in [0.2, 0.25) is 0 Å². The van der Waals surface area contributed by atoms with Gasteiger partial charge in [0.1, 0.15) is 6.04 Å². The zero-order chi connectivity index (χ0) is 15.6. The molecule has 3 unspecified atom stereocenters. The number of hydrogen-bond donors (Lipinski definition) is 2. The van der Waals surface area contributed by atoms with Crippen LogP contribution in [-0.4, -0.2) is 63.8 Å². The first-order valence-corrected chi connectivity index (χ1v) is 7.86. The highest BCUT2D eigenvalue weighted by atomic mass is 16.4. The number of likely N-dealkylation sites (tertiary alicyclic amines) is 1. The van der Waals surface area contributed by atoms with Crippen LogP contribution in [0.1, 0.15) is 45.4 Å². The van der Waals surface area contributed by atoms with Gasteiger partial charge in [-0.25, -0.2) is 9.59 Å². The van der Waals surface area contributed by atoms with Crippen molar-refractivity contribution < 1.29 is 19.8 Å². The molecule has 120 valence electrons. The van der Waals surface area contributed by atoms with Crippen LogP contribution in [-0.2, 0) is 4.79 Å². The maximum absolute atomic E-state index is 12.5. The van der Waals surface area contributed by atoms with Crippen molar-refractivity contribution in [2.75, 3.05) is 20.1 Å². The van der Waals surface area contributed by atoms with Crippen LogP contribution in [0.25, 0.3) is 0 Å². The summed E-state index contributed by atoms with van der Waals surface area (Å²) in [5.41, 5.74) is -0.620. The van der Waals surface area contributed by atoms with Gasteiger partial charge in [-0.1, -0.05) is 19.8 Å². The van der Waals surface area contributed by atoms with E-state index >= 15 is 0 Å². The van der Waals surface area contributed by atoms with Gasteiger partial charge < -0.3 is 20.0 Å². The Morgan fingerprint density at radius 1 is 1.38 bits per heavy atom. The molecule has 2 rings (SSSR count). The van der Waals surface area contributed by atoms with Gasteiger partial charge in [0.05, 0.1) is 5.60 Å². The largest absolute Gasteiger partial charge is 0.480 e. The molecule has 1 aliphatic carbocycles. The molecule has 1 aliphatic heterocycles. The highest BCUT2D eigenvalue weighted by Gasteiger charge is 2.44. The van der Waals surface area contributed by atoms with Crippen molar-refractivity contribution in [3.8, 4) is 0 Å². The fraction of sp³-hybridized carbons (Fsp3) is 0.867. The molecule has 2 N–H and O–H groups in total. The molecule has 0 aromatic heterocycles. The van der Waals surface area contributed by atoms with Crippen molar-refractivity contribution >= 4 is 12.0 Å². The smallest absolute Gasteiger partial charge is 0.326 e. The minimum absolute atomic E-state index is 0.127. The molecule has 6 nitrogen and oxygen atoms in total. The van der Waals surface area contributed by atoms with Crippen molar-refractivity contribution in [3.63, 3.8) is 0 Å². The first-order valence-electron chi connectivity index (χ1n) is 7.86. The normalized spacial score (nSPS) is 30.4. The third kappa shape index (κ3) is 3.15. The Bertz CT molecular complexity index is 414. The maximum Gasteiger partial charge on any atom is 0.326 e. The zero-order valence-electron chi connectivity index (χ0n) is 12.9. The van der Waals surface area contributed by atoms with E-state index in [1.165, 1.54) is 4.90 Å². The Morgan fingerprint density at radius 2 is 2.10 bits per heavy atom. The second-order valence-corrected chi connectivity index (χ2v) is 6.40. The fourth-order valence-electron chi connectivity index (χ4n) is 3.72. The number of likely N-dealkylation sites (N-methyl/N-ethyl adjacent to an activating group) is 1. The quantitative estimate of drug-likeness (QED) is 0.828. The van der Waals surface area contributed by atoms with Gasteiger partial charge in [-0.05, 0) is 25.7 Å². The lowest BCUT2D eigenvalue weighted by Gasteiger charge is -2.48. The lowest BCUT2D eigenvalue weighted by Crippen LogP contribution is -2.58. The number of nitrogens with zero attached hydrogens (tertiary/aromatic N) is 2. The molecule has 0 radical (unpaired) electrons. The summed E-state index contributed by atoms with van der Waals surface area (Å²) in [5, 5.41) is 19.8. The van der Waals surface area contributed by atoms with Crippen molar-refractivity contribution in [3.05, 3.63) is 0 Å². The molecule has 0 aromatic rings. The molecule has 1 heterocycles. The Morgan fingerprint density at radius 3 is 2.71 bits per heavy atom. The van der Waals surface area contributed by atoms with Crippen LogP contribution in [0.2, 0.25) is 0 Å². The number of carbonyl (C=O) groups is 2. The Hall–Kier alpha value is -1.30. The van der Waals surface area contributed by atoms with E-state index in [4.69, 9.17) is 5.11 Å². The third-order valence-electron chi connectivity index (χ3n) is 5.14. The van der Waals surface area contributed by atoms with Crippen LogP contribution in [0.5, 0.6) is 0 Å². The van der Waals surface area contributed by atoms with Gasteiger partial charge in [0, 0.05) is 26.1 Å². The molecule has 0 bridgehead atoms. The molecule has 2 aliphatic rings. The predicted molar refractivity (Wildman–Crippen MR) is 78.0 cm³/mol. The Labute approximate surface area is 125 Å². The number of urea groups is 1. The van der Waals surface area contributed by atoms with Gasteiger partial charge >= 0.3 is 12.0 Å². The van der Waals surface area contributed by atoms with E-state index < -0.39 is 17.6 Å². The van der Waals surface area contributed by atoms with E-state index in [-0.39, 0.29) is 11.9 Å². The number of carboxylic acids is 1. The van der Waals surface area contributed by atoms with E-state index in [1.54, 1.807) is 18.9 Å². The summed E-state index contributed by atoms with van der Waals surface area (Å²) in [6.07, 6.45) is 4.90. The molecule has 0 spiro atoms. The number of carboxylic acid groups (broad SMARTS) is 1. The van der Waals surface area contributed by atoms with Crippen LogP contribution in [0, 0.1) is 5.92 Å². The van der Waals surface area contributed by atoms with E-state index in [0.717, 1.165) is 25.7 Å². The summed E-state index contributed by atoms with van der Waals surface area (Å²) in [6, 6.07) is -1.03. The standard InChI is InChI=1S/C15H26N2O4/c1-3-12(13(18)19)16(2)14(20)17-9-8-15(21)7-5-4-6-11(15)10-17/h11-12,21H,3-10H2,1-2H3,(H,18,19). The number of amides is 2. The molecule has 1 saturated heterocycles. The number of hydrogen-bond acceptors (Lipinski definition) is 3. The van der Waals surface area contributed by atoms with Crippen LogP contribution >= 0.6 is 0 Å². The Kier molecular flexibility index (Phi) is 4.76. The molecule has 2 fully saturated rings. The molecular formula is C15H26N2O4. The second kappa shape index (κ2) is 6.22. The number of aliphatic hydroxyl groups is 1. The summed E-state index contributed by atoms with van der Waals surface area (Å²) < 4.78 is 0. The topological polar surface area (TPSA) is 81.1 Å². The molecular weight excluding hydrogens is 272 g/mol. The first kappa shape index (κ1) is 16.1.